The van der Waals surface area contributed by atoms with Gasteiger partial charge in [0.05, 0.1) is 6.61 Å². The molecule has 0 bridgehead atoms. The summed E-state index contributed by atoms with van der Waals surface area (Å²) in [4.78, 5) is 9.07. The molecule has 1 saturated carbocycles. The van der Waals surface area contributed by atoms with Crippen LogP contribution in [0.1, 0.15) is 74.2 Å². The standard InChI is InChI=1S/C22H30N2O2/c1-16(2)22-23-14-20(15-24-22)19-6-4-17(5-7-19)18-8-10-21(11-9-18)26-13-12-25-3/h8-11,14-17,19H,4-7,12-13H2,1-3H3. The maximum Gasteiger partial charge on any atom is 0.130 e. The monoisotopic (exact) mass is 354 g/mol. The Morgan fingerprint density at radius 3 is 2.00 bits per heavy atom. The molecule has 1 fully saturated rings. The Kier molecular flexibility index (Phi) is 6.62. The van der Waals surface area contributed by atoms with E-state index in [0.29, 0.717) is 31.0 Å². The lowest BCUT2D eigenvalue weighted by molar-refractivity contribution is 0.146. The van der Waals surface area contributed by atoms with Gasteiger partial charge in [-0.15, -0.1) is 0 Å². The number of methoxy groups -OCH3 is 1. The third kappa shape index (κ3) is 4.82. The quantitative estimate of drug-likeness (QED) is 0.651. The van der Waals surface area contributed by atoms with Gasteiger partial charge in [0.2, 0.25) is 0 Å². The predicted molar refractivity (Wildman–Crippen MR) is 104 cm³/mol. The van der Waals surface area contributed by atoms with Crippen LogP contribution in [0, 0.1) is 0 Å². The number of rotatable bonds is 7. The Morgan fingerprint density at radius 2 is 1.46 bits per heavy atom. The number of nitrogens with zero attached hydrogens (tertiary/aromatic N) is 2. The first kappa shape index (κ1) is 18.8. The zero-order valence-corrected chi connectivity index (χ0v) is 16.1. The highest BCUT2D eigenvalue weighted by Crippen LogP contribution is 2.40. The number of aromatic nitrogens is 2. The molecule has 4 nitrogen and oxygen atoms in total. The largest absolute Gasteiger partial charge is 0.491 e. The summed E-state index contributed by atoms with van der Waals surface area (Å²) in [5.74, 6) is 3.50. The van der Waals surface area contributed by atoms with Crippen molar-refractivity contribution in [3.05, 3.63) is 53.6 Å². The summed E-state index contributed by atoms with van der Waals surface area (Å²) in [5.41, 5.74) is 2.73. The van der Waals surface area contributed by atoms with Crippen LogP contribution in [0.5, 0.6) is 5.75 Å². The zero-order chi connectivity index (χ0) is 18.4. The molecule has 1 aliphatic carbocycles. The van der Waals surface area contributed by atoms with Crippen LogP contribution >= 0.6 is 0 Å². The second kappa shape index (κ2) is 9.13. The van der Waals surface area contributed by atoms with E-state index in [1.165, 1.54) is 36.8 Å². The van der Waals surface area contributed by atoms with Crippen molar-refractivity contribution in [1.29, 1.82) is 0 Å². The highest BCUT2D eigenvalue weighted by Gasteiger charge is 2.24. The van der Waals surface area contributed by atoms with E-state index in [0.717, 1.165) is 11.6 Å². The van der Waals surface area contributed by atoms with Crippen molar-refractivity contribution in [1.82, 2.24) is 9.97 Å². The van der Waals surface area contributed by atoms with Crippen molar-refractivity contribution in [2.24, 2.45) is 0 Å². The molecular formula is C22H30N2O2. The lowest BCUT2D eigenvalue weighted by atomic mass is 9.77. The van der Waals surface area contributed by atoms with Gasteiger partial charge in [-0.1, -0.05) is 26.0 Å². The second-order valence-corrected chi connectivity index (χ2v) is 7.49. The van der Waals surface area contributed by atoms with Crippen molar-refractivity contribution >= 4 is 0 Å². The summed E-state index contributed by atoms with van der Waals surface area (Å²) < 4.78 is 10.7. The number of benzene rings is 1. The van der Waals surface area contributed by atoms with Crippen LogP contribution in [0.2, 0.25) is 0 Å². The molecule has 0 radical (unpaired) electrons. The average molecular weight is 354 g/mol. The van der Waals surface area contributed by atoms with Crippen LogP contribution in [0.3, 0.4) is 0 Å². The predicted octanol–water partition coefficient (Wildman–Crippen LogP) is 5.07. The third-order valence-electron chi connectivity index (χ3n) is 5.31. The molecular weight excluding hydrogens is 324 g/mol. The Balaban J connectivity index is 1.53. The minimum absolute atomic E-state index is 0.390. The van der Waals surface area contributed by atoms with Crippen molar-refractivity contribution in [2.75, 3.05) is 20.3 Å². The summed E-state index contributed by atoms with van der Waals surface area (Å²) in [5, 5.41) is 0. The highest BCUT2D eigenvalue weighted by molar-refractivity contribution is 5.30. The van der Waals surface area contributed by atoms with Crippen molar-refractivity contribution in [3.8, 4) is 5.75 Å². The van der Waals surface area contributed by atoms with E-state index >= 15 is 0 Å². The van der Waals surface area contributed by atoms with Crippen molar-refractivity contribution < 1.29 is 9.47 Å². The topological polar surface area (TPSA) is 44.2 Å². The van der Waals surface area contributed by atoms with Crippen LogP contribution in [0.4, 0.5) is 0 Å². The van der Waals surface area contributed by atoms with Gasteiger partial charge in [0.15, 0.2) is 0 Å². The Morgan fingerprint density at radius 1 is 0.885 bits per heavy atom. The normalized spacial score (nSPS) is 20.3. The fraction of sp³-hybridized carbons (Fsp3) is 0.545. The van der Waals surface area contributed by atoms with E-state index in [9.17, 15) is 0 Å². The van der Waals surface area contributed by atoms with Gasteiger partial charge < -0.3 is 9.47 Å². The van der Waals surface area contributed by atoms with E-state index in [1.807, 2.05) is 12.4 Å². The summed E-state index contributed by atoms with van der Waals surface area (Å²) in [6.07, 6.45) is 8.95. The molecule has 0 saturated heterocycles. The van der Waals surface area contributed by atoms with Crippen LogP contribution in [0.15, 0.2) is 36.7 Å². The summed E-state index contributed by atoms with van der Waals surface area (Å²) in [7, 11) is 1.69. The van der Waals surface area contributed by atoms with E-state index in [1.54, 1.807) is 7.11 Å². The molecule has 0 unspecified atom stereocenters. The van der Waals surface area contributed by atoms with Crippen LogP contribution in [0.25, 0.3) is 0 Å². The minimum Gasteiger partial charge on any atom is -0.491 e. The lowest BCUT2D eigenvalue weighted by Gasteiger charge is -2.29. The Hall–Kier alpha value is -1.94. The molecule has 0 N–H and O–H groups in total. The van der Waals surface area contributed by atoms with Crippen molar-refractivity contribution in [3.63, 3.8) is 0 Å². The van der Waals surface area contributed by atoms with Gasteiger partial charge in [0.25, 0.3) is 0 Å². The molecule has 3 rings (SSSR count). The number of ether oxygens (including phenoxy) is 2. The van der Waals surface area contributed by atoms with Gasteiger partial charge >= 0.3 is 0 Å². The smallest absolute Gasteiger partial charge is 0.130 e. The molecule has 1 aromatic carbocycles. The number of hydrogen-bond acceptors (Lipinski definition) is 4. The fourth-order valence-corrected chi connectivity index (χ4v) is 3.70. The molecule has 0 aliphatic heterocycles. The van der Waals surface area contributed by atoms with E-state index in [2.05, 4.69) is 48.1 Å². The van der Waals surface area contributed by atoms with Gasteiger partial charge in [-0.2, -0.15) is 0 Å². The molecule has 0 atom stereocenters. The zero-order valence-electron chi connectivity index (χ0n) is 16.1. The number of hydrogen-bond donors (Lipinski definition) is 0. The van der Waals surface area contributed by atoms with E-state index in [4.69, 9.17) is 9.47 Å². The summed E-state index contributed by atoms with van der Waals surface area (Å²) in [6, 6.07) is 8.59. The minimum atomic E-state index is 0.390. The third-order valence-corrected chi connectivity index (χ3v) is 5.31. The Bertz CT molecular complexity index is 660. The second-order valence-electron chi connectivity index (χ2n) is 7.49. The molecule has 1 aromatic heterocycles. The molecule has 26 heavy (non-hydrogen) atoms. The van der Waals surface area contributed by atoms with Gasteiger partial charge in [0.1, 0.15) is 18.2 Å². The lowest BCUT2D eigenvalue weighted by Crippen LogP contribution is -2.13. The van der Waals surface area contributed by atoms with Crippen LogP contribution in [-0.4, -0.2) is 30.3 Å². The molecule has 4 heteroatoms. The van der Waals surface area contributed by atoms with Gasteiger partial charge in [-0.3, -0.25) is 0 Å². The summed E-state index contributed by atoms with van der Waals surface area (Å²) >= 11 is 0. The van der Waals surface area contributed by atoms with Gasteiger partial charge in [-0.25, -0.2) is 9.97 Å². The SMILES string of the molecule is COCCOc1ccc(C2CCC(c3cnc(C(C)C)nc3)CC2)cc1. The molecule has 0 amide bonds. The first-order chi connectivity index (χ1) is 12.7. The molecule has 1 aliphatic rings. The molecule has 0 spiro atoms. The first-order valence-corrected chi connectivity index (χ1v) is 9.71. The van der Waals surface area contributed by atoms with E-state index < -0.39 is 0 Å². The average Bonchev–Trinajstić information content (AvgIpc) is 2.69. The molecule has 1 heterocycles. The van der Waals surface area contributed by atoms with E-state index in [-0.39, 0.29) is 0 Å². The molecule has 140 valence electrons. The maximum absolute atomic E-state index is 5.65. The highest BCUT2D eigenvalue weighted by atomic mass is 16.5. The maximum atomic E-state index is 5.65. The summed E-state index contributed by atoms with van der Waals surface area (Å²) in [6.45, 7) is 5.48. The molecule has 2 aromatic rings. The van der Waals surface area contributed by atoms with Crippen LogP contribution < -0.4 is 4.74 Å². The van der Waals surface area contributed by atoms with Crippen molar-refractivity contribution in [2.45, 2.75) is 57.3 Å². The Labute approximate surface area is 157 Å². The van der Waals surface area contributed by atoms with Crippen LogP contribution in [-0.2, 0) is 4.74 Å². The fourth-order valence-electron chi connectivity index (χ4n) is 3.70. The first-order valence-electron chi connectivity index (χ1n) is 9.71. The van der Waals surface area contributed by atoms with Gasteiger partial charge in [0, 0.05) is 25.4 Å². The van der Waals surface area contributed by atoms with Gasteiger partial charge in [-0.05, 0) is 60.8 Å².